The molecule has 0 unspecified atom stereocenters. The van der Waals surface area contributed by atoms with E-state index >= 15 is 0 Å². The van der Waals surface area contributed by atoms with Gasteiger partial charge in [-0.2, -0.15) is 4.57 Å². The largest absolute Gasteiger partial charge is 0.379 e. The number of aromatic nitrogens is 2. The summed E-state index contributed by atoms with van der Waals surface area (Å²) in [6.07, 6.45) is 3.78. The molecule has 6 N–H and O–H groups in total. The summed E-state index contributed by atoms with van der Waals surface area (Å²) >= 11 is 0. The van der Waals surface area contributed by atoms with E-state index in [0.29, 0.717) is 0 Å². The van der Waals surface area contributed by atoms with Gasteiger partial charge in [-0.3, -0.25) is 9.13 Å². The highest BCUT2D eigenvalue weighted by Crippen LogP contribution is 2.59. The first-order chi connectivity index (χ1) is 7.60. The number of nitrogens with two attached hydrogens (primary N) is 1. The Morgan fingerprint density at radius 1 is 1.29 bits per heavy atom. The highest BCUT2D eigenvalue weighted by molar-refractivity contribution is 7.70. The molecule has 96 valence electrons. The number of rotatable bonds is 4. The van der Waals surface area contributed by atoms with Crippen molar-refractivity contribution < 1.29 is 33.3 Å². The maximum absolute atomic E-state index is 11.0. The van der Waals surface area contributed by atoms with E-state index in [4.69, 9.17) is 25.3 Å². The van der Waals surface area contributed by atoms with Gasteiger partial charge in [0.2, 0.25) is 11.6 Å². The van der Waals surface area contributed by atoms with Crippen LogP contribution in [-0.4, -0.2) is 30.0 Å². The van der Waals surface area contributed by atoms with Crippen molar-refractivity contribution in [1.29, 1.82) is 0 Å². The lowest BCUT2D eigenvalue weighted by atomic mass is 10.6. The fourth-order valence-electron chi connectivity index (χ4n) is 1.16. The molecule has 0 bridgehead atoms. The van der Waals surface area contributed by atoms with Gasteiger partial charge >= 0.3 is 15.2 Å². The topological polar surface area (TPSA) is 158 Å². The molecule has 0 fully saturated rings. The molecular weight excluding hydrogens is 272 g/mol. The molecule has 17 heavy (non-hydrogen) atoms. The molecule has 0 amide bonds. The van der Waals surface area contributed by atoms with Crippen LogP contribution < -0.4 is 10.3 Å². The highest BCUT2D eigenvalue weighted by Gasteiger charge is 2.46. The zero-order valence-corrected chi connectivity index (χ0v) is 10.3. The zero-order chi connectivity index (χ0) is 13.3. The first-order valence-electron chi connectivity index (χ1n) is 4.31. The van der Waals surface area contributed by atoms with Crippen molar-refractivity contribution in [3.8, 4) is 0 Å². The summed E-state index contributed by atoms with van der Waals surface area (Å²) in [5.74, 6) is 0.0719. The van der Waals surface area contributed by atoms with Gasteiger partial charge in [0, 0.05) is 0 Å². The third-order valence-electron chi connectivity index (χ3n) is 1.93. The van der Waals surface area contributed by atoms with Crippen LogP contribution in [0.1, 0.15) is 0 Å². The van der Waals surface area contributed by atoms with Crippen molar-refractivity contribution in [2.45, 2.75) is 11.9 Å². The Morgan fingerprint density at radius 2 is 1.82 bits per heavy atom. The lowest BCUT2D eigenvalue weighted by Crippen LogP contribution is -2.39. The van der Waals surface area contributed by atoms with Gasteiger partial charge in [-0.25, -0.2) is 4.98 Å². The van der Waals surface area contributed by atoms with Crippen LogP contribution in [-0.2, 0) is 15.7 Å². The summed E-state index contributed by atoms with van der Waals surface area (Å²) in [7, 11) is -9.85. The first kappa shape index (κ1) is 14.2. The van der Waals surface area contributed by atoms with Crippen LogP contribution in [0.3, 0.4) is 0 Å². The second-order valence-corrected chi connectivity index (χ2v) is 7.35. The van der Waals surface area contributed by atoms with E-state index in [-0.39, 0.29) is 5.82 Å². The van der Waals surface area contributed by atoms with Crippen LogP contribution in [0.5, 0.6) is 0 Å². The van der Waals surface area contributed by atoms with Crippen molar-refractivity contribution in [2.75, 3.05) is 5.73 Å². The Labute approximate surface area is 96.3 Å². The second kappa shape index (κ2) is 4.81. The molecule has 0 radical (unpaired) electrons. The third-order valence-corrected chi connectivity index (χ3v) is 5.62. The van der Waals surface area contributed by atoms with Gasteiger partial charge in [-0.15, -0.1) is 0 Å². The molecule has 1 aromatic rings. The van der Waals surface area contributed by atoms with E-state index in [2.05, 4.69) is 4.98 Å². The number of nitrogens with zero attached hydrogens (tertiary/aromatic N) is 2. The predicted octanol–water partition coefficient (Wildman–Crippen LogP) is -1.37. The summed E-state index contributed by atoms with van der Waals surface area (Å²) < 4.78 is 23.2. The minimum Gasteiger partial charge on any atom is -0.379 e. The Hall–Kier alpha value is -0.820. The molecule has 11 heteroatoms. The van der Waals surface area contributed by atoms with Crippen molar-refractivity contribution in [1.82, 2.24) is 4.98 Å². The summed E-state index contributed by atoms with van der Waals surface area (Å²) in [6, 6.07) is 0. The Bertz CT molecular complexity index is 474. The molecule has 0 spiro atoms. The van der Waals surface area contributed by atoms with E-state index in [1.807, 2.05) is 0 Å². The first-order valence-corrected chi connectivity index (χ1v) is 7.68. The maximum atomic E-state index is 11.0. The van der Waals surface area contributed by atoms with Crippen LogP contribution in [0.2, 0.25) is 0 Å². The predicted molar refractivity (Wildman–Crippen MR) is 56.7 cm³/mol. The molecule has 1 rings (SSSR count). The molecule has 0 aromatic carbocycles. The second-order valence-electron chi connectivity index (χ2n) is 3.34. The van der Waals surface area contributed by atoms with Crippen LogP contribution in [0.4, 0.5) is 5.82 Å². The van der Waals surface area contributed by atoms with Crippen molar-refractivity contribution in [2.24, 2.45) is 0 Å². The van der Waals surface area contributed by atoms with E-state index in [1.165, 1.54) is 18.6 Å². The van der Waals surface area contributed by atoms with E-state index in [9.17, 15) is 9.13 Å². The van der Waals surface area contributed by atoms with Crippen molar-refractivity contribution in [3.05, 3.63) is 18.6 Å². The lowest BCUT2D eigenvalue weighted by Gasteiger charge is -2.16. The van der Waals surface area contributed by atoms with Gasteiger partial charge in [0.1, 0.15) is 0 Å². The number of anilines is 1. The SMILES string of the molecule is Nc1c[n+](CC(P(=O)(O)O)P(=O)(O)O)ccn1. The Morgan fingerprint density at radius 3 is 2.24 bits per heavy atom. The van der Waals surface area contributed by atoms with E-state index < -0.39 is 27.1 Å². The van der Waals surface area contributed by atoms with Crippen LogP contribution >= 0.6 is 15.2 Å². The average Bonchev–Trinajstić information content (AvgIpc) is 2.10. The third kappa shape index (κ3) is 4.16. The van der Waals surface area contributed by atoms with Gasteiger partial charge < -0.3 is 25.3 Å². The molecule has 0 saturated heterocycles. The minimum atomic E-state index is -4.92. The molecule has 9 nitrogen and oxygen atoms in total. The van der Waals surface area contributed by atoms with Gasteiger partial charge in [-0.05, 0) is 0 Å². The smallest absolute Gasteiger partial charge is 0.347 e. The molecule has 1 heterocycles. The lowest BCUT2D eigenvalue weighted by molar-refractivity contribution is -0.694. The number of hydrogen-bond donors (Lipinski definition) is 5. The molecule has 0 saturated carbocycles. The summed E-state index contributed by atoms with van der Waals surface area (Å²) in [5.41, 5.74) is 5.33. The Kier molecular flexibility index (Phi) is 4.03. The molecule has 0 aliphatic carbocycles. The standard InChI is InChI=1S/C6H11N3O6P2/c7-5-3-9(2-1-8-5)4-6(16(10,11)12)17(13,14)15/h1-3,6H,4H2,(H5-,7,8,10,11,12,13,14,15)/p+1. The van der Waals surface area contributed by atoms with Gasteiger partial charge in [0.25, 0.3) is 0 Å². The van der Waals surface area contributed by atoms with E-state index in [1.54, 1.807) is 0 Å². The summed E-state index contributed by atoms with van der Waals surface area (Å²) in [5, 5.41) is -2.10. The molecule has 0 aliphatic heterocycles. The van der Waals surface area contributed by atoms with Gasteiger partial charge in [-0.1, -0.05) is 0 Å². The van der Waals surface area contributed by atoms with Crippen molar-refractivity contribution in [3.63, 3.8) is 0 Å². The fourth-order valence-corrected chi connectivity index (χ4v) is 3.53. The van der Waals surface area contributed by atoms with Crippen LogP contribution in [0.25, 0.3) is 0 Å². The molecule has 0 aliphatic rings. The van der Waals surface area contributed by atoms with Crippen molar-refractivity contribution >= 4 is 21.0 Å². The molecular formula is C6H12N3O6P2+. The summed E-state index contributed by atoms with van der Waals surface area (Å²) in [4.78, 5) is 39.2. The normalized spacial score (nSPS) is 13.0. The van der Waals surface area contributed by atoms with E-state index in [0.717, 1.165) is 4.57 Å². The minimum absolute atomic E-state index is 0.0719. The average molecular weight is 284 g/mol. The molecule has 1 aromatic heterocycles. The quantitative estimate of drug-likeness (QED) is 0.334. The van der Waals surface area contributed by atoms with Gasteiger partial charge in [0.05, 0.1) is 6.20 Å². The molecule has 0 atom stereocenters. The van der Waals surface area contributed by atoms with Crippen LogP contribution in [0, 0.1) is 0 Å². The Balaban J connectivity index is 3.04. The number of nitrogen functional groups attached to an aromatic ring is 1. The number of hydrogen-bond acceptors (Lipinski definition) is 4. The van der Waals surface area contributed by atoms with Gasteiger partial charge in [0.15, 0.2) is 18.6 Å². The fraction of sp³-hybridized carbons (Fsp3) is 0.333. The maximum Gasteiger partial charge on any atom is 0.347 e. The highest BCUT2D eigenvalue weighted by atomic mass is 31.2. The monoisotopic (exact) mass is 284 g/mol. The zero-order valence-electron chi connectivity index (χ0n) is 8.49. The summed E-state index contributed by atoms with van der Waals surface area (Å²) in [6.45, 7) is -0.554. The van der Waals surface area contributed by atoms with Crippen LogP contribution in [0.15, 0.2) is 18.6 Å².